The van der Waals surface area contributed by atoms with Crippen molar-refractivity contribution in [2.24, 2.45) is 0 Å². The third-order valence-electron chi connectivity index (χ3n) is 3.73. The lowest BCUT2D eigenvalue weighted by Crippen LogP contribution is -2.10. The fourth-order valence-corrected chi connectivity index (χ4v) is 3.09. The maximum atomic E-state index is 4.78. The maximum Gasteiger partial charge on any atom is 0.171 e. The van der Waals surface area contributed by atoms with E-state index in [1.807, 2.05) is 11.6 Å². The lowest BCUT2D eigenvalue weighted by molar-refractivity contribution is 0.437. The standard InChI is InChI=1S/C13H17BrN4/c1-15-12-7-11(9-5-3-2-4-6-9)17-13-10(14)8-16-18(12)13/h7-9,15H,2-6H2,1H3. The molecule has 0 aromatic carbocycles. The lowest BCUT2D eigenvalue weighted by Gasteiger charge is -2.21. The van der Waals surface area contributed by atoms with E-state index in [9.17, 15) is 0 Å². The van der Waals surface area contributed by atoms with Gasteiger partial charge in [0.25, 0.3) is 0 Å². The van der Waals surface area contributed by atoms with Crippen molar-refractivity contribution >= 4 is 27.4 Å². The number of hydrogen-bond donors (Lipinski definition) is 1. The molecule has 0 saturated heterocycles. The van der Waals surface area contributed by atoms with Gasteiger partial charge in [0.2, 0.25) is 0 Å². The van der Waals surface area contributed by atoms with Crippen molar-refractivity contribution < 1.29 is 0 Å². The molecular weight excluding hydrogens is 292 g/mol. The van der Waals surface area contributed by atoms with Crippen molar-refractivity contribution in [1.29, 1.82) is 0 Å². The van der Waals surface area contributed by atoms with E-state index in [1.165, 1.54) is 37.8 Å². The molecule has 0 atom stereocenters. The van der Waals surface area contributed by atoms with Gasteiger partial charge in [-0.15, -0.1) is 0 Å². The van der Waals surface area contributed by atoms with Crippen LogP contribution < -0.4 is 5.32 Å². The molecule has 0 spiro atoms. The van der Waals surface area contributed by atoms with E-state index in [1.54, 1.807) is 6.20 Å². The van der Waals surface area contributed by atoms with Crippen LogP contribution in [0.4, 0.5) is 5.82 Å². The molecule has 2 heterocycles. The molecule has 5 heteroatoms. The smallest absolute Gasteiger partial charge is 0.171 e. The number of halogens is 1. The zero-order valence-corrected chi connectivity index (χ0v) is 12.1. The van der Waals surface area contributed by atoms with Crippen molar-refractivity contribution in [3.8, 4) is 0 Å². The van der Waals surface area contributed by atoms with Gasteiger partial charge < -0.3 is 5.32 Å². The molecule has 96 valence electrons. The molecule has 1 aliphatic rings. The monoisotopic (exact) mass is 308 g/mol. The molecule has 0 bridgehead atoms. The first kappa shape index (κ1) is 12.0. The molecule has 0 amide bonds. The quantitative estimate of drug-likeness (QED) is 0.922. The average Bonchev–Trinajstić information content (AvgIpc) is 2.81. The molecule has 1 aliphatic carbocycles. The summed E-state index contributed by atoms with van der Waals surface area (Å²) in [7, 11) is 1.93. The summed E-state index contributed by atoms with van der Waals surface area (Å²) >= 11 is 3.51. The van der Waals surface area contributed by atoms with Crippen molar-refractivity contribution in [3.05, 3.63) is 22.4 Å². The van der Waals surface area contributed by atoms with Gasteiger partial charge >= 0.3 is 0 Å². The average molecular weight is 309 g/mol. The summed E-state index contributed by atoms with van der Waals surface area (Å²) in [6.45, 7) is 0. The molecule has 2 aromatic rings. The minimum absolute atomic E-state index is 0.609. The lowest BCUT2D eigenvalue weighted by atomic mass is 9.87. The molecule has 0 unspecified atom stereocenters. The first-order valence-corrected chi connectivity index (χ1v) is 7.31. The number of hydrogen-bond acceptors (Lipinski definition) is 3. The fourth-order valence-electron chi connectivity index (χ4n) is 2.74. The Hall–Kier alpha value is -1.10. The molecule has 4 nitrogen and oxygen atoms in total. The van der Waals surface area contributed by atoms with Crippen molar-refractivity contribution in [3.63, 3.8) is 0 Å². The second-order valence-corrected chi connectivity index (χ2v) is 5.73. The molecule has 1 N–H and O–H groups in total. The molecular formula is C13H17BrN4. The van der Waals surface area contributed by atoms with Crippen LogP contribution in [-0.4, -0.2) is 21.6 Å². The number of aromatic nitrogens is 3. The summed E-state index contributed by atoms with van der Waals surface area (Å²) in [5, 5.41) is 7.52. The van der Waals surface area contributed by atoms with E-state index < -0.39 is 0 Å². The Labute approximate surface area is 115 Å². The molecule has 0 radical (unpaired) electrons. The molecule has 2 aromatic heterocycles. The van der Waals surface area contributed by atoms with Crippen LogP contribution in [0.5, 0.6) is 0 Å². The van der Waals surface area contributed by atoms with Crippen LogP contribution in [0.25, 0.3) is 5.65 Å². The van der Waals surface area contributed by atoms with Gasteiger partial charge in [-0.2, -0.15) is 9.61 Å². The predicted molar refractivity (Wildman–Crippen MR) is 76.1 cm³/mol. The predicted octanol–water partition coefficient (Wildman–Crippen LogP) is 3.58. The SMILES string of the molecule is CNc1cc(C2CCCCC2)nc2c(Br)cnn12. The third kappa shape index (κ3) is 2.00. The van der Waals surface area contributed by atoms with E-state index in [2.05, 4.69) is 32.4 Å². The zero-order valence-electron chi connectivity index (χ0n) is 10.5. The van der Waals surface area contributed by atoms with Gasteiger partial charge in [0.05, 0.1) is 10.7 Å². The number of rotatable bonds is 2. The Morgan fingerprint density at radius 1 is 1.33 bits per heavy atom. The normalized spacial score (nSPS) is 17.2. The van der Waals surface area contributed by atoms with Crippen molar-refractivity contribution in [1.82, 2.24) is 14.6 Å². The minimum Gasteiger partial charge on any atom is -0.373 e. The van der Waals surface area contributed by atoms with Crippen LogP contribution in [0.2, 0.25) is 0 Å². The van der Waals surface area contributed by atoms with Crippen LogP contribution in [0, 0.1) is 0 Å². The zero-order chi connectivity index (χ0) is 12.5. The fraction of sp³-hybridized carbons (Fsp3) is 0.538. The van der Waals surface area contributed by atoms with Gasteiger partial charge in [0.15, 0.2) is 5.65 Å². The number of nitrogens with zero attached hydrogens (tertiary/aromatic N) is 3. The summed E-state index contributed by atoms with van der Waals surface area (Å²) in [6, 6.07) is 2.14. The summed E-state index contributed by atoms with van der Waals surface area (Å²) < 4.78 is 2.80. The number of nitrogens with one attached hydrogen (secondary N) is 1. The van der Waals surface area contributed by atoms with Crippen LogP contribution in [0.3, 0.4) is 0 Å². The molecule has 1 saturated carbocycles. The van der Waals surface area contributed by atoms with Crippen LogP contribution in [0.15, 0.2) is 16.7 Å². The van der Waals surface area contributed by atoms with Crippen LogP contribution in [-0.2, 0) is 0 Å². The minimum atomic E-state index is 0.609. The van der Waals surface area contributed by atoms with Gasteiger partial charge in [0, 0.05) is 24.7 Å². The molecule has 18 heavy (non-hydrogen) atoms. The number of anilines is 1. The van der Waals surface area contributed by atoms with Crippen molar-refractivity contribution in [2.45, 2.75) is 38.0 Å². The Bertz CT molecular complexity index is 557. The van der Waals surface area contributed by atoms with E-state index in [4.69, 9.17) is 4.98 Å². The van der Waals surface area contributed by atoms with E-state index >= 15 is 0 Å². The Morgan fingerprint density at radius 2 is 2.11 bits per heavy atom. The molecule has 0 aliphatic heterocycles. The van der Waals surface area contributed by atoms with E-state index in [0.717, 1.165) is 15.9 Å². The molecule has 1 fully saturated rings. The highest BCUT2D eigenvalue weighted by atomic mass is 79.9. The topological polar surface area (TPSA) is 42.2 Å². The second kappa shape index (κ2) is 4.88. The van der Waals surface area contributed by atoms with Gasteiger partial charge in [-0.3, -0.25) is 0 Å². The van der Waals surface area contributed by atoms with Crippen LogP contribution in [0.1, 0.15) is 43.7 Å². The Kier molecular flexibility index (Phi) is 3.24. The largest absolute Gasteiger partial charge is 0.373 e. The number of fused-ring (bicyclic) bond motifs is 1. The maximum absolute atomic E-state index is 4.78. The van der Waals surface area contributed by atoms with Gasteiger partial charge in [0.1, 0.15) is 5.82 Å². The highest BCUT2D eigenvalue weighted by Gasteiger charge is 2.19. The molecule has 3 rings (SSSR count). The second-order valence-electron chi connectivity index (χ2n) is 4.88. The van der Waals surface area contributed by atoms with Gasteiger partial charge in [-0.25, -0.2) is 4.98 Å². The van der Waals surface area contributed by atoms with E-state index in [-0.39, 0.29) is 0 Å². The highest BCUT2D eigenvalue weighted by Crippen LogP contribution is 2.33. The van der Waals surface area contributed by atoms with Crippen molar-refractivity contribution in [2.75, 3.05) is 12.4 Å². The summed E-state index contributed by atoms with van der Waals surface area (Å²) in [5.41, 5.74) is 2.11. The summed E-state index contributed by atoms with van der Waals surface area (Å²) in [6.07, 6.45) is 8.34. The third-order valence-corrected chi connectivity index (χ3v) is 4.29. The Morgan fingerprint density at radius 3 is 2.83 bits per heavy atom. The van der Waals surface area contributed by atoms with Gasteiger partial charge in [-0.1, -0.05) is 19.3 Å². The highest BCUT2D eigenvalue weighted by molar-refractivity contribution is 9.10. The summed E-state index contributed by atoms with van der Waals surface area (Å²) in [5.74, 6) is 1.61. The summed E-state index contributed by atoms with van der Waals surface area (Å²) in [4.78, 5) is 4.78. The Balaban J connectivity index is 2.08. The first-order valence-electron chi connectivity index (χ1n) is 6.51. The van der Waals surface area contributed by atoms with Crippen LogP contribution >= 0.6 is 15.9 Å². The van der Waals surface area contributed by atoms with E-state index in [0.29, 0.717) is 5.92 Å². The van der Waals surface area contributed by atoms with Gasteiger partial charge in [-0.05, 0) is 28.8 Å². The first-order chi connectivity index (χ1) is 8.79.